The molecule has 2 aromatic rings. The van der Waals surface area contributed by atoms with Crippen LogP contribution in [0.5, 0.6) is 0 Å². The molecule has 6 aliphatic carbocycles. The number of rotatable bonds is 2. The van der Waals surface area contributed by atoms with Gasteiger partial charge in [-0.05, 0) is 108 Å². The van der Waals surface area contributed by atoms with Gasteiger partial charge in [0.25, 0.3) is 0 Å². The quantitative estimate of drug-likeness (QED) is 0.323. The summed E-state index contributed by atoms with van der Waals surface area (Å²) in [7, 11) is 0. The maximum atomic E-state index is 13.4. The molecule has 15 unspecified atom stereocenters. The molecule has 0 radical (unpaired) electrons. The van der Waals surface area contributed by atoms with E-state index in [9.17, 15) is 4.79 Å². The van der Waals surface area contributed by atoms with Crippen LogP contribution in [0.15, 0.2) is 54.6 Å². The fourth-order valence-corrected chi connectivity index (χ4v) is 12.2. The number of esters is 1. The summed E-state index contributed by atoms with van der Waals surface area (Å²) in [6, 6.07) is 14.1. The molecule has 2 aliphatic heterocycles. The molecule has 2 heterocycles. The van der Waals surface area contributed by atoms with Gasteiger partial charge in [-0.3, -0.25) is 0 Å². The summed E-state index contributed by atoms with van der Waals surface area (Å²) in [5, 5.41) is 2.11. The molecule has 0 N–H and O–H groups in total. The van der Waals surface area contributed by atoms with Gasteiger partial charge in [0.1, 0.15) is 6.10 Å². The molecule has 3 heteroatoms. The lowest BCUT2D eigenvalue weighted by atomic mass is 9.55. The van der Waals surface area contributed by atoms with E-state index in [1.807, 2.05) is 30.3 Å². The molecule has 0 aromatic heterocycles. The van der Waals surface area contributed by atoms with Gasteiger partial charge in [-0.25, -0.2) is 4.79 Å². The number of hydrogen-bond acceptors (Lipinski definition) is 3. The molecule has 2 aromatic carbocycles. The Labute approximate surface area is 206 Å². The van der Waals surface area contributed by atoms with Gasteiger partial charge in [-0.15, -0.1) is 0 Å². The lowest BCUT2D eigenvalue weighted by molar-refractivity contribution is -0.0300. The van der Waals surface area contributed by atoms with E-state index < -0.39 is 0 Å². The van der Waals surface area contributed by atoms with Crippen molar-refractivity contribution in [1.29, 1.82) is 0 Å². The highest BCUT2D eigenvalue weighted by Crippen LogP contribution is 2.77. The molecule has 35 heavy (non-hydrogen) atoms. The zero-order chi connectivity index (χ0) is 22.6. The summed E-state index contributed by atoms with van der Waals surface area (Å²) in [4.78, 5) is 13.4. The standard InChI is InChI=1S/C32H32O3/c33-32(19-7-3-5-14-4-1-2-6-18(14)19)34-23-12-17-11-20(23)27-26(17)30-28-21-13-22(29(28)31(27)35-30)25-16-9-8-15(10-16)24(21)25/h1-9,15-17,20-31H,10-13H2. The largest absolute Gasteiger partial charge is 0.458 e. The van der Waals surface area contributed by atoms with Crippen molar-refractivity contribution in [1.82, 2.24) is 0 Å². The second-order valence-corrected chi connectivity index (χ2v) is 13.4. The first-order chi connectivity index (χ1) is 17.3. The van der Waals surface area contributed by atoms with Crippen LogP contribution in [0.25, 0.3) is 10.8 Å². The summed E-state index contributed by atoms with van der Waals surface area (Å²) in [6.45, 7) is 0. The van der Waals surface area contributed by atoms with Gasteiger partial charge >= 0.3 is 5.97 Å². The highest BCUT2D eigenvalue weighted by molar-refractivity contribution is 6.04. The summed E-state index contributed by atoms with van der Waals surface area (Å²) in [6.07, 6.45) is 11.4. The summed E-state index contributed by atoms with van der Waals surface area (Å²) >= 11 is 0. The molecule has 0 spiro atoms. The van der Waals surface area contributed by atoms with Crippen LogP contribution < -0.4 is 0 Å². The minimum atomic E-state index is -0.130. The maximum Gasteiger partial charge on any atom is 0.339 e. The van der Waals surface area contributed by atoms with Crippen molar-refractivity contribution < 1.29 is 14.3 Å². The first kappa shape index (κ1) is 19.0. The average molecular weight is 465 g/mol. The minimum absolute atomic E-state index is 0.0749. The predicted molar refractivity (Wildman–Crippen MR) is 131 cm³/mol. The average Bonchev–Trinajstić information content (AvgIpc) is 3.72. The molecular formula is C32H32O3. The van der Waals surface area contributed by atoms with Crippen molar-refractivity contribution in [3.63, 3.8) is 0 Å². The van der Waals surface area contributed by atoms with Crippen molar-refractivity contribution in [2.24, 2.45) is 71.0 Å². The van der Waals surface area contributed by atoms with Crippen LogP contribution in [-0.2, 0) is 9.47 Å². The van der Waals surface area contributed by atoms with E-state index in [0.717, 1.165) is 76.0 Å². The lowest BCUT2D eigenvalue weighted by Gasteiger charge is -2.48. The summed E-state index contributed by atoms with van der Waals surface area (Å²) < 4.78 is 13.3. The molecule has 178 valence electrons. The topological polar surface area (TPSA) is 35.5 Å². The highest BCUT2D eigenvalue weighted by atomic mass is 16.5. The molecule has 0 amide bonds. The van der Waals surface area contributed by atoms with Gasteiger partial charge < -0.3 is 9.47 Å². The highest BCUT2D eigenvalue weighted by Gasteiger charge is 2.77. The summed E-state index contributed by atoms with van der Waals surface area (Å²) in [5.41, 5.74) is 0.718. The van der Waals surface area contributed by atoms with Crippen molar-refractivity contribution in [2.75, 3.05) is 0 Å². The molecule has 2 saturated heterocycles. The summed E-state index contributed by atoms with van der Waals surface area (Å²) in [5.74, 6) is 9.62. The SMILES string of the molecule is O=C(OC1CC2CC1C1C3OC(C21)C1C2CC(C4C5C=CC(C5)C24)C31)c1cccc2ccccc12. The van der Waals surface area contributed by atoms with Crippen LogP contribution in [0.2, 0.25) is 0 Å². The van der Waals surface area contributed by atoms with Gasteiger partial charge in [0, 0.05) is 5.92 Å². The number of fused-ring (bicyclic) bond motifs is 24. The Morgan fingerprint density at radius 2 is 1.43 bits per heavy atom. The Bertz CT molecular complexity index is 1310. The Morgan fingerprint density at radius 3 is 2.26 bits per heavy atom. The third-order valence-electron chi connectivity index (χ3n) is 12.7. The number of benzene rings is 2. The van der Waals surface area contributed by atoms with Crippen LogP contribution in [-0.4, -0.2) is 24.3 Å². The third kappa shape index (κ3) is 2.12. The number of carbonyl (C=O) groups is 1. The van der Waals surface area contributed by atoms with Crippen molar-refractivity contribution >= 4 is 16.7 Å². The first-order valence-electron chi connectivity index (χ1n) is 14.3. The fraction of sp³-hybridized carbons (Fsp3) is 0.594. The van der Waals surface area contributed by atoms with Crippen molar-refractivity contribution in [3.05, 3.63) is 60.2 Å². The molecule has 8 aliphatic rings. The van der Waals surface area contributed by atoms with Gasteiger partial charge in [-0.1, -0.05) is 48.6 Å². The number of allylic oxidation sites excluding steroid dienone is 2. The Hall–Kier alpha value is -2.13. The Balaban J connectivity index is 0.943. The minimum Gasteiger partial charge on any atom is -0.458 e. The second kappa shape index (κ2) is 6.22. The normalized spacial score (nSPS) is 54.6. The molecular weight excluding hydrogens is 432 g/mol. The van der Waals surface area contributed by atoms with Crippen LogP contribution in [0.1, 0.15) is 36.0 Å². The smallest absolute Gasteiger partial charge is 0.339 e. The van der Waals surface area contributed by atoms with Crippen molar-refractivity contribution in [3.8, 4) is 0 Å². The monoisotopic (exact) mass is 464 g/mol. The van der Waals surface area contributed by atoms with E-state index in [2.05, 4.69) is 24.3 Å². The fourth-order valence-electron chi connectivity index (χ4n) is 12.2. The van der Waals surface area contributed by atoms with E-state index >= 15 is 0 Å². The zero-order valence-corrected chi connectivity index (χ0v) is 19.9. The van der Waals surface area contributed by atoms with Crippen LogP contribution in [0.3, 0.4) is 0 Å². The number of ether oxygens (including phenoxy) is 2. The first-order valence-corrected chi connectivity index (χ1v) is 14.3. The van der Waals surface area contributed by atoms with E-state index in [1.165, 1.54) is 19.3 Å². The third-order valence-corrected chi connectivity index (χ3v) is 12.7. The Kier molecular flexibility index (Phi) is 3.39. The van der Waals surface area contributed by atoms with E-state index in [-0.39, 0.29) is 12.1 Å². The van der Waals surface area contributed by atoms with E-state index in [0.29, 0.717) is 30.0 Å². The molecule has 7 fully saturated rings. The predicted octanol–water partition coefficient (Wildman–Crippen LogP) is 5.74. The molecule has 10 rings (SSSR count). The Morgan fingerprint density at radius 1 is 0.714 bits per heavy atom. The zero-order valence-electron chi connectivity index (χ0n) is 19.9. The lowest BCUT2D eigenvalue weighted by Crippen LogP contribution is -2.51. The molecule has 3 nitrogen and oxygen atoms in total. The van der Waals surface area contributed by atoms with Crippen LogP contribution >= 0.6 is 0 Å². The van der Waals surface area contributed by atoms with Gasteiger partial charge in [0.15, 0.2) is 0 Å². The maximum absolute atomic E-state index is 13.4. The van der Waals surface area contributed by atoms with Crippen LogP contribution in [0.4, 0.5) is 0 Å². The van der Waals surface area contributed by atoms with Crippen LogP contribution in [0, 0.1) is 71.0 Å². The van der Waals surface area contributed by atoms with Gasteiger partial charge in [0.2, 0.25) is 0 Å². The number of hydrogen-bond donors (Lipinski definition) is 0. The molecule has 8 bridgehead atoms. The number of carbonyl (C=O) groups excluding carboxylic acids is 1. The van der Waals surface area contributed by atoms with Gasteiger partial charge in [0.05, 0.1) is 17.8 Å². The van der Waals surface area contributed by atoms with E-state index in [1.54, 1.807) is 0 Å². The van der Waals surface area contributed by atoms with Gasteiger partial charge in [-0.2, -0.15) is 0 Å². The molecule has 5 saturated carbocycles. The molecule has 15 atom stereocenters. The van der Waals surface area contributed by atoms with Crippen molar-refractivity contribution in [2.45, 2.75) is 44.0 Å². The second-order valence-electron chi connectivity index (χ2n) is 13.4. The van der Waals surface area contributed by atoms with E-state index in [4.69, 9.17) is 9.47 Å².